The molecule has 19 heavy (non-hydrogen) atoms. The molecule has 1 unspecified atom stereocenters. The van der Waals surface area contributed by atoms with E-state index >= 15 is 0 Å². The smallest absolute Gasteiger partial charge is 0.129 e. The molecule has 1 atom stereocenters. The summed E-state index contributed by atoms with van der Waals surface area (Å²) in [4.78, 5) is 0. The average Bonchev–Trinajstić information content (AvgIpc) is 2.36. The topological polar surface area (TPSA) is 12.0 Å². The van der Waals surface area contributed by atoms with E-state index in [-0.39, 0.29) is 5.56 Å². The van der Waals surface area contributed by atoms with Crippen LogP contribution in [0.5, 0.6) is 0 Å². The number of hydrogen-bond donors (Lipinski definition) is 1. The minimum absolute atomic E-state index is 0.223. The van der Waals surface area contributed by atoms with E-state index in [1.807, 2.05) is 0 Å². The highest BCUT2D eigenvalue weighted by molar-refractivity contribution is 5.19. The van der Waals surface area contributed by atoms with E-state index in [1.54, 1.807) is 0 Å². The zero-order valence-corrected chi connectivity index (χ0v) is 12.2. The van der Waals surface area contributed by atoms with E-state index in [9.17, 15) is 8.78 Å². The lowest BCUT2D eigenvalue weighted by Crippen LogP contribution is -2.34. The van der Waals surface area contributed by atoms with E-state index < -0.39 is 11.6 Å². The van der Waals surface area contributed by atoms with Crippen LogP contribution in [0.3, 0.4) is 0 Å². The van der Waals surface area contributed by atoms with Gasteiger partial charge >= 0.3 is 0 Å². The Bertz CT molecular complexity index is 357. The van der Waals surface area contributed by atoms with Crippen LogP contribution in [0, 0.1) is 17.6 Å². The first-order chi connectivity index (χ1) is 9.06. The monoisotopic (exact) mass is 269 g/mol. The number of rotatable bonds is 8. The molecule has 0 aliphatic rings. The Morgan fingerprint density at radius 1 is 1.16 bits per heavy atom. The lowest BCUT2D eigenvalue weighted by Gasteiger charge is -2.22. The van der Waals surface area contributed by atoms with Crippen molar-refractivity contribution in [3.8, 4) is 0 Å². The van der Waals surface area contributed by atoms with E-state index in [2.05, 4.69) is 26.1 Å². The van der Waals surface area contributed by atoms with E-state index in [1.165, 1.54) is 18.2 Å². The Morgan fingerprint density at radius 3 is 2.32 bits per heavy atom. The molecule has 0 bridgehead atoms. The minimum Gasteiger partial charge on any atom is -0.314 e. The number of benzene rings is 1. The van der Waals surface area contributed by atoms with Gasteiger partial charge in [-0.15, -0.1) is 0 Å². The fourth-order valence-corrected chi connectivity index (χ4v) is 2.27. The lowest BCUT2D eigenvalue weighted by molar-refractivity contribution is 0.369. The molecular weight excluding hydrogens is 244 g/mol. The van der Waals surface area contributed by atoms with Gasteiger partial charge in [0.2, 0.25) is 0 Å². The number of halogens is 2. The molecule has 0 spiro atoms. The van der Waals surface area contributed by atoms with Crippen molar-refractivity contribution in [3.05, 3.63) is 35.4 Å². The summed E-state index contributed by atoms with van der Waals surface area (Å²) >= 11 is 0. The Morgan fingerprint density at radius 2 is 1.79 bits per heavy atom. The molecule has 1 aromatic rings. The molecule has 3 heteroatoms. The summed E-state index contributed by atoms with van der Waals surface area (Å²) < 4.78 is 27.0. The van der Waals surface area contributed by atoms with Crippen LogP contribution in [0.1, 0.15) is 45.6 Å². The third kappa shape index (κ3) is 5.27. The SMILES string of the molecule is CCCNC(CCCc1c(F)cccc1F)C(C)C. The molecular formula is C16H25F2N. The Labute approximate surface area is 115 Å². The maximum Gasteiger partial charge on any atom is 0.129 e. The highest BCUT2D eigenvalue weighted by Gasteiger charge is 2.13. The minimum atomic E-state index is -0.428. The highest BCUT2D eigenvalue weighted by atomic mass is 19.1. The van der Waals surface area contributed by atoms with Crippen LogP contribution in [0.25, 0.3) is 0 Å². The summed E-state index contributed by atoms with van der Waals surface area (Å²) in [5.41, 5.74) is 0.223. The van der Waals surface area contributed by atoms with Crippen molar-refractivity contribution in [3.63, 3.8) is 0 Å². The average molecular weight is 269 g/mol. The quantitative estimate of drug-likeness (QED) is 0.741. The zero-order valence-electron chi connectivity index (χ0n) is 12.2. The van der Waals surface area contributed by atoms with Gasteiger partial charge in [0.15, 0.2) is 0 Å². The second-order valence-electron chi connectivity index (χ2n) is 5.40. The van der Waals surface area contributed by atoms with Crippen LogP contribution in [0.4, 0.5) is 8.78 Å². The Hall–Kier alpha value is -0.960. The largest absolute Gasteiger partial charge is 0.314 e. The van der Waals surface area contributed by atoms with Crippen molar-refractivity contribution in [2.75, 3.05) is 6.54 Å². The summed E-state index contributed by atoms with van der Waals surface area (Å²) in [6.07, 6.45) is 3.32. The van der Waals surface area contributed by atoms with Crippen molar-refractivity contribution < 1.29 is 8.78 Å². The van der Waals surface area contributed by atoms with Crippen LogP contribution in [0.2, 0.25) is 0 Å². The first-order valence-electron chi connectivity index (χ1n) is 7.22. The first kappa shape index (κ1) is 16.1. The molecule has 0 amide bonds. The van der Waals surface area contributed by atoms with E-state index in [0.717, 1.165) is 25.8 Å². The standard InChI is InChI=1S/C16H25F2N/c1-4-11-19-16(12(2)3)10-5-7-13-14(17)8-6-9-15(13)18/h6,8-9,12,16,19H,4-5,7,10-11H2,1-3H3. The molecule has 1 nitrogen and oxygen atoms in total. The molecule has 0 saturated carbocycles. The van der Waals surface area contributed by atoms with Gasteiger partial charge in [-0.2, -0.15) is 0 Å². The third-order valence-corrected chi connectivity index (χ3v) is 3.46. The zero-order chi connectivity index (χ0) is 14.3. The molecule has 1 aromatic carbocycles. The summed E-state index contributed by atoms with van der Waals surface area (Å²) in [5, 5.41) is 3.50. The van der Waals surface area contributed by atoms with Gasteiger partial charge < -0.3 is 5.32 Å². The molecule has 0 aliphatic heterocycles. The number of nitrogens with one attached hydrogen (secondary N) is 1. The van der Waals surface area contributed by atoms with Crippen LogP contribution >= 0.6 is 0 Å². The molecule has 1 rings (SSSR count). The molecule has 0 aromatic heterocycles. The summed E-state index contributed by atoms with van der Waals surface area (Å²) in [6.45, 7) is 7.49. The van der Waals surface area contributed by atoms with Crippen molar-refractivity contribution in [2.24, 2.45) is 5.92 Å². The van der Waals surface area contributed by atoms with Gasteiger partial charge in [-0.05, 0) is 50.3 Å². The summed E-state index contributed by atoms with van der Waals surface area (Å²) in [5.74, 6) is -0.317. The van der Waals surface area contributed by atoms with Gasteiger partial charge in [0.05, 0.1) is 0 Å². The lowest BCUT2D eigenvalue weighted by atomic mass is 9.96. The highest BCUT2D eigenvalue weighted by Crippen LogP contribution is 2.17. The van der Waals surface area contributed by atoms with E-state index in [4.69, 9.17) is 0 Å². The van der Waals surface area contributed by atoms with Crippen molar-refractivity contribution in [2.45, 2.75) is 52.5 Å². The van der Waals surface area contributed by atoms with E-state index in [0.29, 0.717) is 18.4 Å². The predicted molar refractivity (Wildman–Crippen MR) is 76.2 cm³/mol. The van der Waals surface area contributed by atoms with Gasteiger partial charge in [-0.25, -0.2) is 8.78 Å². The Balaban J connectivity index is 2.47. The van der Waals surface area contributed by atoms with Crippen LogP contribution in [-0.4, -0.2) is 12.6 Å². The number of hydrogen-bond acceptors (Lipinski definition) is 1. The van der Waals surface area contributed by atoms with Crippen molar-refractivity contribution in [1.82, 2.24) is 5.32 Å². The molecule has 0 heterocycles. The molecule has 108 valence electrons. The van der Waals surface area contributed by atoms with Crippen molar-refractivity contribution >= 4 is 0 Å². The molecule has 1 N–H and O–H groups in total. The van der Waals surface area contributed by atoms with Crippen LogP contribution < -0.4 is 5.32 Å². The predicted octanol–water partition coefficient (Wildman–Crippen LogP) is 4.31. The van der Waals surface area contributed by atoms with Crippen molar-refractivity contribution in [1.29, 1.82) is 0 Å². The van der Waals surface area contributed by atoms with Gasteiger partial charge in [0, 0.05) is 11.6 Å². The van der Waals surface area contributed by atoms with Gasteiger partial charge in [0.25, 0.3) is 0 Å². The second kappa shape index (κ2) is 8.26. The molecule has 0 radical (unpaired) electrons. The second-order valence-corrected chi connectivity index (χ2v) is 5.40. The summed E-state index contributed by atoms with van der Waals surface area (Å²) in [6, 6.07) is 4.49. The van der Waals surface area contributed by atoms with Gasteiger partial charge in [0.1, 0.15) is 11.6 Å². The fourth-order valence-electron chi connectivity index (χ4n) is 2.27. The Kier molecular flexibility index (Phi) is 7.00. The maximum absolute atomic E-state index is 13.5. The van der Waals surface area contributed by atoms with Gasteiger partial charge in [-0.3, -0.25) is 0 Å². The maximum atomic E-state index is 13.5. The van der Waals surface area contributed by atoms with Crippen LogP contribution in [-0.2, 0) is 6.42 Å². The fraction of sp³-hybridized carbons (Fsp3) is 0.625. The molecule has 0 aliphatic carbocycles. The normalized spacial score (nSPS) is 12.9. The van der Waals surface area contributed by atoms with Gasteiger partial charge in [-0.1, -0.05) is 26.8 Å². The first-order valence-corrected chi connectivity index (χ1v) is 7.22. The summed E-state index contributed by atoms with van der Waals surface area (Å²) in [7, 11) is 0. The molecule has 0 fully saturated rings. The third-order valence-electron chi connectivity index (χ3n) is 3.46. The van der Waals surface area contributed by atoms with Crippen LogP contribution in [0.15, 0.2) is 18.2 Å². The molecule has 0 saturated heterocycles.